The molecule has 1 amide bonds. The summed E-state index contributed by atoms with van der Waals surface area (Å²) in [5.41, 5.74) is 0.255. The van der Waals surface area contributed by atoms with Crippen LogP contribution in [0.25, 0.3) is 0 Å². The van der Waals surface area contributed by atoms with Crippen LogP contribution in [-0.2, 0) is 9.59 Å². The smallest absolute Gasteiger partial charge is 0.303 e. The van der Waals surface area contributed by atoms with Crippen molar-refractivity contribution in [2.45, 2.75) is 52.4 Å². The predicted molar refractivity (Wildman–Crippen MR) is 65.7 cm³/mol. The fraction of sp³-hybridized carbons (Fsp3) is 0.846. The van der Waals surface area contributed by atoms with Crippen LogP contribution < -0.4 is 0 Å². The van der Waals surface area contributed by atoms with Crippen LogP contribution in [0.3, 0.4) is 0 Å². The zero-order chi connectivity index (χ0) is 12.9. The van der Waals surface area contributed by atoms with Crippen molar-refractivity contribution in [2.75, 3.05) is 13.1 Å². The van der Waals surface area contributed by atoms with Gasteiger partial charge in [-0.05, 0) is 31.1 Å². The van der Waals surface area contributed by atoms with Gasteiger partial charge in [-0.3, -0.25) is 9.59 Å². The van der Waals surface area contributed by atoms with Crippen LogP contribution in [0.1, 0.15) is 52.4 Å². The number of carbonyl (C=O) groups excluding carboxylic acids is 1. The Morgan fingerprint density at radius 1 is 1.35 bits per heavy atom. The Kier molecular flexibility index (Phi) is 4.97. The first kappa shape index (κ1) is 14.0. The predicted octanol–water partition coefficient (Wildman–Crippen LogP) is 2.28. The quantitative estimate of drug-likeness (QED) is 0.751. The molecule has 0 unspecified atom stereocenters. The summed E-state index contributed by atoms with van der Waals surface area (Å²) in [6.07, 6.45) is 4.27. The Balaban J connectivity index is 2.32. The lowest BCUT2D eigenvalue weighted by Gasteiger charge is -2.23. The van der Waals surface area contributed by atoms with Crippen molar-refractivity contribution in [2.24, 2.45) is 5.41 Å². The summed E-state index contributed by atoms with van der Waals surface area (Å²) >= 11 is 0. The number of unbranched alkanes of at least 4 members (excludes halogenated alkanes) is 1. The van der Waals surface area contributed by atoms with Crippen LogP contribution in [0.2, 0.25) is 0 Å². The van der Waals surface area contributed by atoms with Gasteiger partial charge in [-0.25, -0.2) is 0 Å². The lowest BCUT2D eigenvalue weighted by molar-refractivity contribution is -0.137. The van der Waals surface area contributed by atoms with Gasteiger partial charge in [0.15, 0.2) is 0 Å². The summed E-state index contributed by atoms with van der Waals surface area (Å²) in [6, 6.07) is 0. The number of carboxylic acid groups (broad SMARTS) is 1. The molecular weight excluding hydrogens is 218 g/mol. The molecule has 1 aliphatic heterocycles. The van der Waals surface area contributed by atoms with Gasteiger partial charge < -0.3 is 10.0 Å². The van der Waals surface area contributed by atoms with Crippen molar-refractivity contribution in [1.29, 1.82) is 0 Å². The molecule has 0 aromatic heterocycles. The fourth-order valence-electron chi connectivity index (χ4n) is 2.11. The molecule has 0 spiro atoms. The highest BCUT2D eigenvalue weighted by molar-refractivity contribution is 5.76. The molecule has 0 bridgehead atoms. The van der Waals surface area contributed by atoms with E-state index in [1.165, 1.54) is 0 Å². The highest BCUT2D eigenvalue weighted by Crippen LogP contribution is 2.30. The molecule has 0 aromatic rings. The van der Waals surface area contributed by atoms with Crippen LogP contribution in [0, 0.1) is 5.41 Å². The van der Waals surface area contributed by atoms with Crippen LogP contribution in [-0.4, -0.2) is 35.0 Å². The minimum atomic E-state index is -0.756. The van der Waals surface area contributed by atoms with E-state index in [2.05, 4.69) is 13.8 Å². The Bertz CT molecular complexity index is 286. The second-order valence-corrected chi connectivity index (χ2v) is 5.65. The first-order valence-electron chi connectivity index (χ1n) is 6.40. The number of rotatable bonds is 5. The zero-order valence-electron chi connectivity index (χ0n) is 10.9. The van der Waals surface area contributed by atoms with Gasteiger partial charge in [-0.15, -0.1) is 0 Å². The lowest BCUT2D eigenvalue weighted by atomic mass is 9.85. The van der Waals surface area contributed by atoms with Crippen molar-refractivity contribution in [1.82, 2.24) is 4.90 Å². The number of amides is 1. The standard InChI is InChI=1S/C13H23NO3/c1-13(2)7-6-11(15)14(10-8-13)9-4-3-5-12(16)17/h3-10H2,1-2H3,(H,16,17). The maximum atomic E-state index is 11.8. The molecule has 4 heteroatoms. The van der Waals surface area contributed by atoms with Crippen LogP contribution in [0.4, 0.5) is 0 Å². The Morgan fingerprint density at radius 2 is 2.06 bits per heavy atom. The van der Waals surface area contributed by atoms with Crippen molar-refractivity contribution >= 4 is 11.9 Å². The van der Waals surface area contributed by atoms with E-state index in [1.54, 1.807) is 0 Å². The van der Waals surface area contributed by atoms with Crippen molar-refractivity contribution < 1.29 is 14.7 Å². The summed E-state index contributed by atoms with van der Waals surface area (Å²) in [6.45, 7) is 5.93. The third-order valence-corrected chi connectivity index (χ3v) is 3.50. The third kappa shape index (κ3) is 5.20. The summed E-state index contributed by atoms with van der Waals surface area (Å²) in [5, 5.41) is 8.54. The molecule has 1 fully saturated rings. The van der Waals surface area contributed by atoms with Crippen molar-refractivity contribution in [3.8, 4) is 0 Å². The van der Waals surface area contributed by atoms with E-state index in [0.717, 1.165) is 25.8 Å². The van der Waals surface area contributed by atoms with Crippen LogP contribution in [0.15, 0.2) is 0 Å². The molecule has 98 valence electrons. The molecule has 0 atom stereocenters. The van der Waals surface area contributed by atoms with E-state index in [1.807, 2.05) is 4.90 Å². The maximum Gasteiger partial charge on any atom is 0.303 e. The molecule has 0 aliphatic carbocycles. The summed E-state index contributed by atoms with van der Waals surface area (Å²) in [5.74, 6) is -0.528. The van der Waals surface area contributed by atoms with Gasteiger partial charge >= 0.3 is 5.97 Å². The Hall–Kier alpha value is -1.06. The molecule has 0 radical (unpaired) electrons. The molecule has 0 aromatic carbocycles. The second kappa shape index (κ2) is 6.03. The average molecular weight is 241 g/mol. The lowest BCUT2D eigenvalue weighted by Crippen LogP contribution is -2.31. The van der Waals surface area contributed by atoms with E-state index in [0.29, 0.717) is 19.4 Å². The Labute approximate surface area is 103 Å². The van der Waals surface area contributed by atoms with E-state index in [4.69, 9.17) is 5.11 Å². The first-order valence-corrected chi connectivity index (χ1v) is 6.40. The van der Waals surface area contributed by atoms with Gasteiger partial charge in [0, 0.05) is 25.9 Å². The van der Waals surface area contributed by atoms with Crippen LogP contribution in [0.5, 0.6) is 0 Å². The average Bonchev–Trinajstić information content (AvgIpc) is 2.36. The second-order valence-electron chi connectivity index (χ2n) is 5.65. The minimum Gasteiger partial charge on any atom is -0.481 e. The number of likely N-dealkylation sites (tertiary alicyclic amines) is 1. The number of hydrogen-bond donors (Lipinski definition) is 1. The maximum absolute atomic E-state index is 11.8. The van der Waals surface area contributed by atoms with Crippen molar-refractivity contribution in [3.05, 3.63) is 0 Å². The van der Waals surface area contributed by atoms with Gasteiger partial charge in [0.2, 0.25) is 5.91 Å². The van der Waals surface area contributed by atoms with Gasteiger partial charge in [-0.2, -0.15) is 0 Å². The largest absolute Gasteiger partial charge is 0.481 e. The minimum absolute atomic E-state index is 0.202. The highest BCUT2D eigenvalue weighted by atomic mass is 16.4. The van der Waals surface area contributed by atoms with Crippen molar-refractivity contribution in [3.63, 3.8) is 0 Å². The van der Waals surface area contributed by atoms with Gasteiger partial charge in [0.1, 0.15) is 0 Å². The Morgan fingerprint density at radius 3 is 2.71 bits per heavy atom. The van der Waals surface area contributed by atoms with Gasteiger partial charge in [0.05, 0.1) is 0 Å². The number of aliphatic carboxylic acids is 1. The summed E-state index contributed by atoms with van der Waals surface area (Å²) < 4.78 is 0. The number of hydrogen-bond acceptors (Lipinski definition) is 2. The topological polar surface area (TPSA) is 57.6 Å². The summed E-state index contributed by atoms with van der Waals surface area (Å²) in [7, 11) is 0. The van der Waals surface area contributed by atoms with E-state index < -0.39 is 5.97 Å². The monoisotopic (exact) mass is 241 g/mol. The van der Waals surface area contributed by atoms with E-state index in [9.17, 15) is 9.59 Å². The highest BCUT2D eigenvalue weighted by Gasteiger charge is 2.26. The van der Waals surface area contributed by atoms with Gasteiger partial charge in [-0.1, -0.05) is 13.8 Å². The number of carboxylic acids is 1. The van der Waals surface area contributed by atoms with Gasteiger partial charge in [0.25, 0.3) is 0 Å². The molecule has 1 rings (SSSR count). The SMILES string of the molecule is CC1(C)CCC(=O)N(CCCCC(=O)O)CC1. The molecule has 4 nitrogen and oxygen atoms in total. The molecule has 0 saturated carbocycles. The normalized spacial score (nSPS) is 20.1. The third-order valence-electron chi connectivity index (χ3n) is 3.50. The van der Waals surface area contributed by atoms with E-state index >= 15 is 0 Å². The molecular formula is C13H23NO3. The molecule has 1 N–H and O–H groups in total. The number of carbonyl (C=O) groups is 2. The first-order chi connectivity index (χ1) is 7.91. The molecule has 17 heavy (non-hydrogen) atoms. The summed E-state index contributed by atoms with van der Waals surface area (Å²) in [4.78, 5) is 24.1. The van der Waals surface area contributed by atoms with Crippen LogP contribution >= 0.6 is 0 Å². The molecule has 1 aliphatic rings. The molecule has 1 saturated heterocycles. The molecule has 1 heterocycles. The fourth-order valence-corrected chi connectivity index (χ4v) is 2.11. The van der Waals surface area contributed by atoms with E-state index in [-0.39, 0.29) is 17.7 Å². The zero-order valence-corrected chi connectivity index (χ0v) is 10.9. The number of nitrogens with zero attached hydrogens (tertiary/aromatic N) is 1.